The largest absolute Gasteiger partial charge is 0.353 e. The fraction of sp³-hybridized carbons (Fsp3) is 0.750. The van der Waals surface area contributed by atoms with E-state index in [1.54, 1.807) is 0 Å². The van der Waals surface area contributed by atoms with Gasteiger partial charge in [0.1, 0.15) is 5.84 Å². The van der Waals surface area contributed by atoms with Crippen LogP contribution in [0.5, 0.6) is 0 Å². The van der Waals surface area contributed by atoms with E-state index in [1.165, 1.54) is 6.21 Å². The zero-order valence-corrected chi connectivity index (χ0v) is 7.51. The molecule has 0 bridgehead atoms. The third-order valence-electron chi connectivity index (χ3n) is 1.89. The van der Waals surface area contributed by atoms with Gasteiger partial charge in [0.25, 0.3) is 0 Å². The Balaban J connectivity index is 2.51. The zero-order valence-electron chi connectivity index (χ0n) is 7.51. The molecule has 0 unspecified atom stereocenters. The molecule has 0 atom stereocenters. The standard InChI is InChI=1S/C8H16N4/c1-2-11-8(7-9)12-5-3-10-4-6-12/h7,9-10H,2-6H2,1H3. The Morgan fingerprint density at radius 1 is 1.58 bits per heavy atom. The van der Waals surface area contributed by atoms with E-state index in [0.29, 0.717) is 0 Å². The van der Waals surface area contributed by atoms with Crippen LogP contribution < -0.4 is 5.32 Å². The summed E-state index contributed by atoms with van der Waals surface area (Å²) in [5, 5.41) is 10.4. The molecule has 68 valence electrons. The topological polar surface area (TPSA) is 51.5 Å². The maximum absolute atomic E-state index is 7.18. The molecule has 4 heteroatoms. The van der Waals surface area contributed by atoms with Crippen LogP contribution in [0.3, 0.4) is 0 Å². The summed E-state index contributed by atoms with van der Waals surface area (Å²) >= 11 is 0. The number of nitrogens with one attached hydrogen (secondary N) is 2. The van der Waals surface area contributed by atoms with Crippen molar-refractivity contribution in [2.75, 3.05) is 32.7 Å². The first kappa shape index (κ1) is 9.19. The maximum atomic E-state index is 7.18. The fourth-order valence-electron chi connectivity index (χ4n) is 1.29. The number of hydrogen-bond donors (Lipinski definition) is 2. The van der Waals surface area contributed by atoms with Gasteiger partial charge in [-0.2, -0.15) is 0 Å². The Morgan fingerprint density at radius 2 is 2.25 bits per heavy atom. The third-order valence-corrected chi connectivity index (χ3v) is 1.89. The van der Waals surface area contributed by atoms with E-state index in [4.69, 9.17) is 5.41 Å². The minimum absolute atomic E-state index is 0.759. The average molecular weight is 168 g/mol. The summed E-state index contributed by atoms with van der Waals surface area (Å²) in [5.41, 5.74) is 0. The van der Waals surface area contributed by atoms with Gasteiger partial charge in [-0.25, -0.2) is 0 Å². The van der Waals surface area contributed by atoms with Crippen molar-refractivity contribution in [3.63, 3.8) is 0 Å². The van der Waals surface area contributed by atoms with Gasteiger partial charge in [-0.15, -0.1) is 0 Å². The van der Waals surface area contributed by atoms with Crippen LogP contribution in [0.25, 0.3) is 0 Å². The Bertz CT molecular complexity index is 170. The van der Waals surface area contributed by atoms with Crippen LogP contribution in [0.15, 0.2) is 4.99 Å². The first-order valence-corrected chi connectivity index (χ1v) is 4.39. The summed E-state index contributed by atoms with van der Waals surface area (Å²) in [7, 11) is 0. The number of rotatable bonds is 2. The van der Waals surface area contributed by atoms with Gasteiger partial charge in [0.2, 0.25) is 0 Å². The van der Waals surface area contributed by atoms with E-state index in [-0.39, 0.29) is 0 Å². The lowest BCUT2D eigenvalue weighted by atomic mass is 10.3. The van der Waals surface area contributed by atoms with Gasteiger partial charge in [-0.05, 0) is 6.92 Å². The minimum atomic E-state index is 0.759. The second-order valence-corrected chi connectivity index (χ2v) is 2.71. The van der Waals surface area contributed by atoms with Crippen LogP contribution in [-0.4, -0.2) is 49.7 Å². The molecule has 0 aliphatic carbocycles. The monoisotopic (exact) mass is 168 g/mol. The van der Waals surface area contributed by atoms with Crippen LogP contribution in [0, 0.1) is 5.41 Å². The van der Waals surface area contributed by atoms with E-state index in [0.717, 1.165) is 38.6 Å². The van der Waals surface area contributed by atoms with E-state index < -0.39 is 0 Å². The highest BCUT2D eigenvalue weighted by Crippen LogP contribution is 1.93. The third kappa shape index (κ3) is 2.30. The summed E-state index contributed by atoms with van der Waals surface area (Å²) in [6.07, 6.45) is 1.34. The lowest BCUT2D eigenvalue weighted by Crippen LogP contribution is -2.46. The van der Waals surface area contributed by atoms with Gasteiger partial charge in [-0.1, -0.05) is 0 Å². The number of aliphatic imine (C=N–C) groups is 1. The molecule has 1 rings (SSSR count). The van der Waals surface area contributed by atoms with Crippen molar-refractivity contribution in [3.05, 3.63) is 0 Å². The molecule has 1 aliphatic heterocycles. The highest BCUT2D eigenvalue weighted by atomic mass is 15.2. The SMILES string of the molecule is CCN=C(C=N)N1CCNCC1. The van der Waals surface area contributed by atoms with E-state index >= 15 is 0 Å². The van der Waals surface area contributed by atoms with Crippen molar-refractivity contribution in [2.24, 2.45) is 4.99 Å². The molecule has 2 N–H and O–H groups in total. The predicted molar refractivity (Wildman–Crippen MR) is 51.2 cm³/mol. The van der Waals surface area contributed by atoms with Gasteiger partial charge >= 0.3 is 0 Å². The van der Waals surface area contributed by atoms with E-state index in [9.17, 15) is 0 Å². The van der Waals surface area contributed by atoms with Crippen molar-refractivity contribution in [3.8, 4) is 0 Å². The smallest absolute Gasteiger partial charge is 0.141 e. The summed E-state index contributed by atoms with van der Waals surface area (Å²) in [4.78, 5) is 6.38. The molecular formula is C8H16N4. The molecule has 0 aromatic heterocycles. The number of amidine groups is 1. The molecule has 0 aromatic rings. The maximum Gasteiger partial charge on any atom is 0.141 e. The Morgan fingerprint density at radius 3 is 2.75 bits per heavy atom. The molecule has 12 heavy (non-hydrogen) atoms. The summed E-state index contributed by atoms with van der Waals surface area (Å²) in [6.45, 7) is 6.68. The van der Waals surface area contributed by atoms with E-state index in [2.05, 4.69) is 15.2 Å². The van der Waals surface area contributed by atoms with Gasteiger partial charge in [-0.3, -0.25) is 4.99 Å². The van der Waals surface area contributed by atoms with Gasteiger partial charge < -0.3 is 15.6 Å². The minimum Gasteiger partial charge on any atom is -0.353 e. The van der Waals surface area contributed by atoms with Crippen LogP contribution in [0.1, 0.15) is 6.92 Å². The fourth-order valence-corrected chi connectivity index (χ4v) is 1.29. The molecule has 4 nitrogen and oxygen atoms in total. The highest BCUT2D eigenvalue weighted by molar-refractivity contribution is 6.28. The molecule has 0 aromatic carbocycles. The van der Waals surface area contributed by atoms with Gasteiger partial charge in [0, 0.05) is 32.7 Å². The van der Waals surface area contributed by atoms with Crippen LogP contribution in [0.4, 0.5) is 0 Å². The van der Waals surface area contributed by atoms with E-state index in [1.807, 2.05) is 6.92 Å². The van der Waals surface area contributed by atoms with Crippen molar-refractivity contribution >= 4 is 12.1 Å². The van der Waals surface area contributed by atoms with Crippen LogP contribution in [-0.2, 0) is 0 Å². The average Bonchev–Trinajstić information content (AvgIpc) is 2.15. The Hall–Kier alpha value is -0.900. The van der Waals surface area contributed by atoms with Crippen LogP contribution in [0.2, 0.25) is 0 Å². The zero-order chi connectivity index (χ0) is 8.81. The molecule has 0 amide bonds. The molecule has 1 aliphatic rings. The molecule has 0 saturated carbocycles. The second-order valence-electron chi connectivity index (χ2n) is 2.71. The molecule has 0 spiro atoms. The van der Waals surface area contributed by atoms with Gasteiger partial charge in [0.15, 0.2) is 0 Å². The quantitative estimate of drug-likeness (QED) is 0.449. The second kappa shape index (κ2) is 4.87. The Labute approximate surface area is 73.2 Å². The van der Waals surface area contributed by atoms with Crippen LogP contribution >= 0.6 is 0 Å². The Kier molecular flexibility index (Phi) is 3.73. The first-order valence-electron chi connectivity index (χ1n) is 4.39. The lowest BCUT2D eigenvalue weighted by molar-refractivity contribution is 0.360. The van der Waals surface area contributed by atoms with Crippen molar-refractivity contribution in [1.29, 1.82) is 5.41 Å². The molecular weight excluding hydrogens is 152 g/mol. The van der Waals surface area contributed by atoms with Crippen molar-refractivity contribution in [1.82, 2.24) is 10.2 Å². The first-order chi connectivity index (χ1) is 5.88. The summed E-state index contributed by atoms with van der Waals surface area (Å²) in [6, 6.07) is 0. The number of hydrogen-bond acceptors (Lipinski definition) is 3. The molecule has 1 heterocycles. The predicted octanol–water partition coefficient (Wildman–Crippen LogP) is -0.0404. The summed E-state index contributed by atoms with van der Waals surface area (Å²) in [5.74, 6) is 0.819. The highest BCUT2D eigenvalue weighted by Gasteiger charge is 2.11. The molecule has 0 radical (unpaired) electrons. The lowest BCUT2D eigenvalue weighted by Gasteiger charge is -2.28. The van der Waals surface area contributed by atoms with Gasteiger partial charge in [0.05, 0.1) is 6.21 Å². The normalized spacial score (nSPS) is 19.4. The van der Waals surface area contributed by atoms with Crippen molar-refractivity contribution < 1.29 is 0 Å². The summed E-state index contributed by atoms with van der Waals surface area (Å²) < 4.78 is 0. The molecule has 1 saturated heterocycles. The number of nitrogens with zero attached hydrogens (tertiary/aromatic N) is 2. The number of piperazine rings is 1. The van der Waals surface area contributed by atoms with Crippen molar-refractivity contribution in [2.45, 2.75) is 6.92 Å². The molecule has 1 fully saturated rings.